The van der Waals surface area contributed by atoms with Crippen molar-refractivity contribution in [3.05, 3.63) is 82.6 Å². The lowest BCUT2D eigenvalue weighted by molar-refractivity contribution is -0.132. The van der Waals surface area contributed by atoms with Gasteiger partial charge in [0.1, 0.15) is 5.75 Å². The second-order valence-corrected chi connectivity index (χ2v) is 11.0. The van der Waals surface area contributed by atoms with Crippen LogP contribution in [0.4, 0.5) is 0 Å². The Hall–Kier alpha value is -3.70. The topological polar surface area (TPSA) is 113 Å². The van der Waals surface area contributed by atoms with Gasteiger partial charge < -0.3 is 19.9 Å². The number of nitrogens with one attached hydrogen (secondary N) is 1. The zero-order valence-electron chi connectivity index (χ0n) is 19.5. The molecule has 0 bridgehead atoms. The summed E-state index contributed by atoms with van der Waals surface area (Å²) >= 11 is 1.14. The quantitative estimate of drug-likeness (QED) is 0.504. The third kappa shape index (κ3) is 5.26. The number of methoxy groups -OCH3 is 1. The summed E-state index contributed by atoms with van der Waals surface area (Å²) in [6.45, 7) is 0.657. The van der Waals surface area contributed by atoms with E-state index in [0.717, 1.165) is 11.3 Å². The molecule has 0 radical (unpaired) electrons. The number of carbonyl (C=O) groups excluding carboxylic acids is 3. The molecule has 36 heavy (non-hydrogen) atoms. The number of piperazine rings is 1. The Morgan fingerprint density at radius 3 is 2.17 bits per heavy atom. The van der Waals surface area contributed by atoms with E-state index in [1.165, 1.54) is 24.1 Å². The number of nitrogens with zero attached hydrogens (tertiary/aromatic N) is 2. The van der Waals surface area contributed by atoms with E-state index in [0.29, 0.717) is 16.2 Å². The molecule has 1 N–H and O–H groups in total. The van der Waals surface area contributed by atoms with Crippen LogP contribution in [-0.2, 0) is 14.6 Å². The number of hydrogen-bond donors (Lipinski definition) is 1. The molecule has 0 saturated carbocycles. The number of carbonyl (C=O) groups is 3. The van der Waals surface area contributed by atoms with Crippen LogP contribution >= 0.6 is 11.3 Å². The van der Waals surface area contributed by atoms with Crippen LogP contribution in [0.1, 0.15) is 20.0 Å². The number of para-hydroxylation sites is 1. The maximum absolute atomic E-state index is 13.5. The van der Waals surface area contributed by atoms with Crippen LogP contribution in [0, 0.1) is 0 Å². The number of benzene rings is 2. The highest BCUT2D eigenvalue weighted by molar-refractivity contribution is 7.92. The molecular weight excluding hydrogens is 502 g/mol. The van der Waals surface area contributed by atoms with Gasteiger partial charge in [-0.2, -0.15) is 0 Å². The molecule has 0 spiro atoms. The van der Waals surface area contributed by atoms with Gasteiger partial charge >= 0.3 is 0 Å². The molecule has 1 fully saturated rings. The van der Waals surface area contributed by atoms with E-state index < -0.39 is 27.0 Å². The number of sulfone groups is 1. The lowest BCUT2D eigenvalue weighted by Gasteiger charge is -2.36. The van der Waals surface area contributed by atoms with Gasteiger partial charge in [-0.25, -0.2) is 8.42 Å². The average molecular weight is 528 g/mol. The highest BCUT2D eigenvalue weighted by Crippen LogP contribution is 2.22. The first-order chi connectivity index (χ1) is 17.3. The molecule has 3 amide bonds. The molecule has 188 valence electrons. The van der Waals surface area contributed by atoms with E-state index in [-0.39, 0.29) is 37.0 Å². The minimum atomic E-state index is -4.23. The lowest BCUT2D eigenvalue weighted by atomic mass is 10.1. The van der Waals surface area contributed by atoms with Crippen molar-refractivity contribution in [2.45, 2.75) is 10.3 Å². The van der Waals surface area contributed by atoms with Gasteiger partial charge in [0, 0.05) is 26.2 Å². The van der Waals surface area contributed by atoms with Gasteiger partial charge in [0.15, 0.2) is 0 Å². The molecule has 4 rings (SSSR count). The maximum atomic E-state index is 13.5. The summed E-state index contributed by atoms with van der Waals surface area (Å²) in [6.07, 6.45) is 0. The SMILES string of the molecule is COc1ccccc1C(=O)N1CCN(C(=O)[C@H](NC(=O)c2cccs2)S(=O)(=O)c2ccccc2)CC1. The number of thiophene rings is 1. The second kappa shape index (κ2) is 10.9. The smallest absolute Gasteiger partial charge is 0.262 e. The molecule has 1 atom stereocenters. The van der Waals surface area contributed by atoms with Gasteiger partial charge in [-0.3, -0.25) is 14.4 Å². The Morgan fingerprint density at radius 1 is 0.889 bits per heavy atom. The zero-order chi connectivity index (χ0) is 25.7. The van der Waals surface area contributed by atoms with Gasteiger partial charge in [-0.15, -0.1) is 11.3 Å². The first-order valence-electron chi connectivity index (χ1n) is 11.2. The number of hydrogen-bond acceptors (Lipinski definition) is 7. The van der Waals surface area contributed by atoms with Gasteiger partial charge in [-0.1, -0.05) is 36.4 Å². The molecule has 1 aliphatic heterocycles. The third-order valence-corrected chi connectivity index (χ3v) is 8.57. The van der Waals surface area contributed by atoms with Gasteiger partial charge in [0.25, 0.3) is 17.7 Å². The monoisotopic (exact) mass is 527 g/mol. The third-order valence-electron chi connectivity index (χ3n) is 5.83. The predicted molar refractivity (Wildman–Crippen MR) is 135 cm³/mol. The lowest BCUT2D eigenvalue weighted by Crippen LogP contribution is -2.57. The Kier molecular flexibility index (Phi) is 7.70. The van der Waals surface area contributed by atoms with Crippen molar-refractivity contribution in [3.8, 4) is 5.75 Å². The van der Waals surface area contributed by atoms with Crippen LogP contribution < -0.4 is 10.1 Å². The summed E-state index contributed by atoms with van der Waals surface area (Å²) in [5, 5.41) is 2.32. The summed E-state index contributed by atoms with van der Waals surface area (Å²) in [5.41, 5.74) is 0.410. The van der Waals surface area contributed by atoms with E-state index in [1.54, 1.807) is 64.9 Å². The molecule has 0 unspecified atom stereocenters. The predicted octanol–water partition coefficient (Wildman–Crippen LogP) is 2.27. The molecule has 1 aromatic heterocycles. The summed E-state index contributed by atoms with van der Waals surface area (Å²) in [4.78, 5) is 42.4. The number of ether oxygens (including phenoxy) is 1. The maximum Gasteiger partial charge on any atom is 0.262 e. The van der Waals surface area contributed by atoms with Crippen LogP contribution in [0.25, 0.3) is 0 Å². The van der Waals surface area contributed by atoms with Crippen LogP contribution in [0.3, 0.4) is 0 Å². The van der Waals surface area contributed by atoms with Crippen LogP contribution in [-0.4, -0.2) is 74.6 Å². The standard InChI is InChI=1S/C25H25N3O6S2/c1-34-20-11-6-5-10-19(20)24(30)27-13-15-28(16-14-27)25(31)23(26-22(29)21-12-7-17-35-21)36(32,33)18-8-3-2-4-9-18/h2-12,17,23H,13-16H2,1H3,(H,26,29)/t23-/m1/s1. The molecule has 2 heterocycles. The van der Waals surface area contributed by atoms with Crippen molar-refractivity contribution < 1.29 is 27.5 Å². The van der Waals surface area contributed by atoms with Crippen LogP contribution in [0.2, 0.25) is 0 Å². The molecule has 0 aliphatic carbocycles. The first-order valence-corrected chi connectivity index (χ1v) is 13.6. The number of amides is 3. The minimum absolute atomic E-state index is 0.0696. The highest BCUT2D eigenvalue weighted by Gasteiger charge is 2.39. The Balaban J connectivity index is 1.53. The fourth-order valence-electron chi connectivity index (χ4n) is 3.90. The van der Waals surface area contributed by atoms with Crippen molar-refractivity contribution in [2.24, 2.45) is 0 Å². The van der Waals surface area contributed by atoms with Crippen molar-refractivity contribution in [1.29, 1.82) is 0 Å². The van der Waals surface area contributed by atoms with Crippen molar-refractivity contribution >= 4 is 38.9 Å². The minimum Gasteiger partial charge on any atom is -0.496 e. The van der Waals surface area contributed by atoms with E-state index in [2.05, 4.69) is 5.32 Å². The first kappa shape index (κ1) is 25.4. The van der Waals surface area contributed by atoms with E-state index in [4.69, 9.17) is 4.74 Å². The molecule has 11 heteroatoms. The molecule has 1 saturated heterocycles. The molecule has 2 aromatic carbocycles. The highest BCUT2D eigenvalue weighted by atomic mass is 32.2. The summed E-state index contributed by atoms with van der Waals surface area (Å²) in [7, 11) is -2.75. The van der Waals surface area contributed by atoms with Crippen molar-refractivity contribution in [2.75, 3.05) is 33.3 Å². The largest absolute Gasteiger partial charge is 0.496 e. The Labute approximate surface area is 213 Å². The van der Waals surface area contributed by atoms with Gasteiger partial charge in [0.05, 0.1) is 22.4 Å². The Morgan fingerprint density at radius 2 is 1.53 bits per heavy atom. The van der Waals surface area contributed by atoms with E-state index in [9.17, 15) is 22.8 Å². The molecular formula is C25H25N3O6S2. The van der Waals surface area contributed by atoms with Crippen LogP contribution in [0.5, 0.6) is 5.75 Å². The molecule has 3 aromatic rings. The van der Waals surface area contributed by atoms with Crippen LogP contribution in [0.15, 0.2) is 77.0 Å². The normalized spacial score (nSPS) is 14.7. The fraction of sp³-hybridized carbons (Fsp3) is 0.240. The van der Waals surface area contributed by atoms with E-state index in [1.807, 2.05) is 0 Å². The number of rotatable bonds is 7. The second-order valence-electron chi connectivity index (χ2n) is 8.01. The van der Waals surface area contributed by atoms with E-state index >= 15 is 0 Å². The molecule has 1 aliphatic rings. The molecule has 9 nitrogen and oxygen atoms in total. The van der Waals surface area contributed by atoms with Crippen molar-refractivity contribution in [3.63, 3.8) is 0 Å². The summed E-state index contributed by atoms with van der Waals surface area (Å²) in [5.74, 6) is -1.17. The fourth-order valence-corrected chi connectivity index (χ4v) is 6.02. The zero-order valence-corrected chi connectivity index (χ0v) is 21.1. The summed E-state index contributed by atoms with van der Waals surface area (Å²) in [6, 6.07) is 17.6. The van der Waals surface area contributed by atoms with Gasteiger partial charge in [0.2, 0.25) is 15.2 Å². The summed E-state index contributed by atoms with van der Waals surface area (Å²) < 4.78 is 32.1. The Bertz CT molecular complexity index is 1340. The van der Waals surface area contributed by atoms with Gasteiger partial charge in [-0.05, 0) is 35.7 Å². The average Bonchev–Trinajstić information content (AvgIpc) is 3.47. The van der Waals surface area contributed by atoms with Crippen molar-refractivity contribution in [1.82, 2.24) is 15.1 Å².